The fraction of sp³-hybridized carbons (Fsp3) is 0.727. The van der Waals surface area contributed by atoms with E-state index in [1.165, 1.54) is 0 Å². The topological polar surface area (TPSA) is 29.1 Å². The molecule has 0 aromatic carbocycles. The van der Waals surface area contributed by atoms with E-state index in [9.17, 15) is 4.79 Å². The molecule has 1 unspecified atom stereocenters. The van der Waals surface area contributed by atoms with Crippen molar-refractivity contribution in [3.05, 3.63) is 11.6 Å². The molecule has 0 heterocycles. The Bertz CT molecular complexity index is 218. The van der Waals surface area contributed by atoms with Crippen molar-refractivity contribution in [1.29, 1.82) is 0 Å². The Kier molecular flexibility index (Phi) is 5.21. The van der Waals surface area contributed by atoms with E-state index < -0.39 is 0 Å². The maximum atomic E-state index is 11.4. The van der Waals surface area contributed by atoms with Crippen LogP contribution >= 0.6 is 11.6 Å². The van der Waals surface area contributed by atoms with Gasteiger partial charge in [-0.2, -0.15) is 0 Å². The van der Waals surface area contributed by atoms with Gasteiger partial charge in [0.2, 0.25) is 5.91 Å². The smallest absolute Gasteiger partial charge is 0.220 e. The van der Waals surface area contributed by atoms with Crippen molar-refractivity contribution >= 4 is 17.5 Å². The van der Waals surface area contributed by atoms with Crippen LogP contribution in [0, 0.1) is 11.3 Å². The minimum absolute atomic E-state index is 0.0363. The Balaban J connectivity index is 3.89. The summed E-state index contributed by atoms with van der Waals surface area (Å²) in [5.74, 6) is 0.389. The molecule has 0 aromatic heterocycles. The van der Waals surface area contributed by atoms with Crippen LogP contribution in [0.3, 0.4) is 0 Å². The third-order valence-corrected chi connectivity index (χ3v) is 2.58. The molecule has 1 amide bonds. The van der Waals surface area contributed by atoms with Gasteiger partial charge in [-0.3, -0.25) is 4.79 Å². The van der Waals surface area contributed by atoms with E-state index in [2.05, 4.69) is 39.6 Å². The van der Waals surface area contributed by atoms with Crippen molar-refractivity contribution in [2.24, 2.45) is 11.3 Å². The van der Waals surface area contributed by atoms with Crippen LogP contribution in [-0.2, 0) is 4.79 Å². The van der Waals surface area contributed by atoms with Crippen molar-refractivity contribution in [2.45, 2.75) is 34.1 Å². The van der Waals surface area contributed by atoms with Crippen LogP contribution in [-0.4, -0.2) is 12.5 Å². The predicted octanol–water partition coefficient (Wildman–Crippen LogP) is 2.93. The average Bonchev–Trinajstić information content (AvgIpc) is 1.99. The number of nitrogens with one attached hydrogen (secondary N) is 1. The lowest BCUT2D eigenvalue weighted by Gasteiger charge is -2.26. The first-order chi connectivity index (χ1) is 6.23. The van der Waals surface area contributed by atoms with Crippen molar-refractivity contribution in [3.8, 4) is 0 Å². The van der Waals surface area contributed by atoms with E-state index in [4.69, 9.17) is 11.6 Å². The van der Waals surface area contributed by atoms with Crippen molar-refractivity contribution in [1.82, 2.24) is 5.32 Å². The van der Waals surface area contributed by atoms with E-state index in [-0.39, 0.29) is 11.3 Å². The van der Waals surface area contributed by atoms with Gasteiger partial charge in [-0.25, -0.2) is 0 Å². The molecule has 14 heavy (non-hydrogen) atoms. The number of hydrogen-bond acceptors (Lipinski definition) is 1. The molecule has 1 N–H and O–H groups in total. The van der Waals surface area contributed by atoms with Gasteiger partial charge in [0.1, 0.15) is 0 Å². The van der Waals surface area contributed by atoms with E-state index in [0.29, 0.717) is 23.9 Å². The summed E-state index contributed by atoms with van der Waals surface area (Å²) >= 11 is 5.54. The monoisotopic (exact) mass is 217 g/mol. The number of rotatable bonds is 4. The van der Waals surface area contributed by atoms with Gasteiger partial charge in [0.15, 0.2) is 0 Å². The number of amides is 1. The molecule has 0 aliphatic heterocycles. The molecule has 82 valence electrons. The van der Waals surface area contributed by atoms with Gasteiger partial charge < -0.3 is 5.32 Å². The molecule has 1 atom stereocenters. The maximum Gasteiger partial charge on any atom is 0.220 e. The van der Waals surface area contributed by atoms with Crippen LogP contribution < -0.4 is 5.32 Å². The second-order valence-electron chi connectivity index (χ2n) is 4.77. The first-order valence-corrected chi connectivity index (χ1v) is 5.21. The maximum absolute atomic E-state index is 11.4. The third-order valence-electron chi connectivity index (χ3n) is 2.45. The normalized spacial score (nSPS) is 13.5. The Labute approximate surface area is 91.7 Å². The second kappa shape index (κ2) is 5.40. The standard InChI is InChI=1S/C11H20ClNO/c1-8(11(3,4)5)6-10(14)13-7-9(2)12/h8H,2,6-7H2,1,3-5H3,(H,13,14). The van der Waals surface area contributed by atoms with Crippen molar-refractivity contribution in [3.63, 3.8) is 0 Å². The first kappa shape index (κ1) is 13.5. The lowest BCUT2D eigenvalue weighted by Crippen LogP contribution is -2.29. The summed E-state index contributed by atoms with van der Waals surface area (Å²) in [7, 11) is 0. The molecule has 0 spiro atoms. The minimum atomic E-state index is 0.0363. The molecule has 0 aliphatic carbocycles. The zero-order chi connectivity index (χ0) is 11.4. The molecule has 2 nitrogen and oxygen atoms in total. The Hall–Kier alpha value is -0.500. The molecule has 0 rings (SSSR count). The fourth-order valence-electron chi connectivity index (χ4n) is 0.851. The summed E-state index contributed by atoms with van der Waals surface area (Å²) in [6, 6.07) is 0. The highest BCUT2D eigenvalue weighted by Crippen LogP contribution is 2.27. The zero-order valence-corrected chi connectivity index (χ0v) is 10.2. The molecule has 3 heteroatoms. The first-order valence-electron chi connectivity index (χ1n) is 4.83. The molecular weight excluding hydrogens is 198 g/mol. The van der Waals surface area contributed by atoms with Gasteiger partial charge in [0.25, 0.3) is 0 Å². The highest BCUT2D eigenvalue weighted by molar-refractivity contribution is 6.29. The predicted molar refractivity (Wildman–Crippen MR) is 61.2 cm³/mol. The summed E-state index contributed by atoms with van der Waals surface area (Å²) in [5, 5.41) is 3.17. The molecular formula is C11H20ClNO. The summed E-state index contributed by atoms with van der Waals surface area (Å²) in [6.45, 7) is 12.3. The Morgan fingerprint density at radius 1 is 1.50 bits per heavy atom. The number of carbonyl (C=O) groups excluding carboxylic acids is 1. The molecule has 0 saturated carbocycles. The van der Waals surface area contributed by atoms with Gasteiger partial charge in [-0.1, -0.05) is 45.9 Å². The van der Waals surface area contributed by atoms with Gasteiger partial charge in [0, 0.05) is 11.5 Å². The molecule has 0 saturated heterocycles. The minimum Gasteiger partial charge on any atom is -0.351 e. The summed E-state index contributed by atoms with van der Waals surface area (Å²) < 4.78 is 0. The SMILES string of the molecule is C=C(Cl)CNC(=O)CC(C)C(C)(C)C. The summed E-state index contributed by atoms with van der Waals surface area (Å²) in [5.41, 5.74) is 0.162. The Morgan fingerprint density at radius 2 is 2.00 bits per heavy atom. The van der Waals surface area contributed by atoms with Crippen LogP contribution in [0.25, 0.3) is 0 Å². The van der Waals surface area contributed by atoms with Gasteiger partial charge >= 0.3 is 0 Å². The van der Waals surface area contributed by atoms with Gasteiger partial charge in [0.05, 0.1) is 6.54 Å². The third kappa shape index (κ3) is 6.03. The second-order valence-corrected chi connectivity index (χ2v) is 5.30. The van der Waals surface area contributed by atoms with Crippen LogP contribution in [0.2, 0.25) is 0 Å². The lowest BCUT2D eigenvalue weighted by molar-refractivity contribution is -0.122. The molecule has 0 bridgehead atoms. The fourth-order valence-corrected chi connectivity index (χ4v) is 0.918. The van der Waals surface area contributed by atoms with Gasteiger partial charge in [-0.15, -0.1) is 0 Å². The van der Waals surface area contributed by atoms with Gasteiger partial charge in [-0.05, 0) is 11.3 Å². The van der Waals surface area contributed by atoms with Crippen LogP contribution in [0.4, 0.5) is 0 Å². The average molecular weight is 218 g/mol. The van der Waals surface area contributed by atoms with Crippen LogP contribution in [0.1, 0.15) is 34.1 Å². The van der Waals surface area contributed by atoms with E-state index in [1.54, 1.807) is 0 Å². The number of carbonyl (C=O) groups is 1. The molecule has 0 radical (unpaired) electrons. The number of hydrogen-bond donors (Lipinski definition) is 1. The van der Waals surface area contributed by atoms with E-state index in [1.807, 2.05) is 0 Å². The zero-order valence-electron chi connectivity index (χ0n) is 9.48. The lowest BCUT2D eigenvalue weighted by atomic mass is 9.80. The number of halogens is 1. The molecule has 0 aliphatic rings. The summed E-state index contributed by atoms with van der Waals surface area (Å²) in [4.78, 5) is 11.4. The Morgan fingerprint density at radius 3 is 2.36 bits per heavy atom. The van der Waals surface area contributed by atoms with Crippen LogP contribution in [0.15, 0.2) is 11.6 Å². The van der Waals surface area contributed by atoms with E-state index in [0.717, 1.165) is 0 Å². The van der Waals surface area contributed by atoms with Crippen LogP contribution in [0.5, 0.6) is 0 Å². The van der Waals surface area contributed by atoms with E-state index >= 15 is 0 Å². The quantitative estimate of drug-likeness (QED) is 0.771. The highest BCUT2D eigenvalue weighted by atomic mass is 35.5. The molecule has 0 aromatic rings. The molecule has 0 fully saturated rings. The van der Waals surface area contributed by atoms with Crippen molar-refractivity contribution in [2.75, 3.05) is 6.54 Å². The summed E-state index contributed by atoms with van der Waals surface area (Å²) in [6.07, 6.45) is 0.535. The van der Waals surface area contributed by atoms with Crippen molar-refractivity contribution < 1.29 is 4.79 Å². The largest absolute Gasteiger partial charge is 0.351 e. The highest BCUT2D eigenvalue weighted by Gasteiger charge is 2.22.